The lowest BCUT2D eigenvalue weighted by molar-refractivity contribution is -0.119. The van der Waals surface area contributed by atoms with Gasteiger partial charge in [0.15, 0.2) is 18.1 Å². The van der Waals surface area contributed by atoms with Gasteiger partial charge in [-0.05, 0) is 30.3 Å². The molecule has 2 rings (SSSR count). The van der Waals surface area contributed by atoms with Crippen LogP contribution < -0.4 is 5.32 Å². The van der Waals surface area contributed by atoms with Crippen LogP contribution in [-0.2, 0) is 9.53 Å². The summed E-state index contributed by atoms with van der Waals surface area (Å²) < 4.78 is 4.80. The Labute approximate surface area is 131 Å². The molecule has 7 heteroatoms. The maximum absolute atomic E-state index is 11.8. The van der Waals surface area contributed by atoms with Crippen molar-refractivity contribution in [2.24, 2.45) is 0 Å². The predicted molar refractivity (Wildman–Crippen MR) is 79.8 cm³/mol. The fourth-order valence-electron chi connectivity index (χ4n) is 1.74. The molecule has 0 saturated heterocycles. The van der Waals surface area contributed by atoms with Gasteiger partial charge in [-0.15, -0.1) is 0 Å². The number of anilines is 1. The van der Waals surface area contributed by atoms with E-state index in [4.69, 9.17) is 15.1 Å². The lowest BCUT2D eigenvalue weighted by Crippen LogP contribution is -2.21. The van der Waals surface area contributed by atoms with E-state index >= 15 is 0 Å². The maximum atomic E-state index is 11.8. The highest BCUT2D eigenvalue weighted by Crippen LogP contribution is 2.25. The summed E-state index contributed by atoms with van der Waals surface area (Å²) in [5.41, 5.74) is 0.597. The van der Waals surface area contributed by atoms with Crippen LogP contribution in [0.1, 0.15) is 15.9 Å². The zero-order valence-corrected chi connectivity index (χ0v) is 11.8. The maximum Gasteiger partial charge on any atom is 0.338 e. The molecule has 0 aromatic heterocycles. The SMILES string of the molecule is N#Cc1ccccc1NC(=O)COC(=O)c1ccc(O)c(O)c1. The van der Waals surface area contributed by atoms with Gasteiger partial charge in [0.1, 0.15) is 6.07 Å². The Kier molecular flexibility index (Phi) is 4.79. The second-order valence-electron chi connectivity index (χ2n) is 4.49. The van der Waals surface area contributed by atoms with Crippen molar-refractivity contribution in [3.05, 3.63) is 53.6 Å². The quantitative estimate of drug-likeness (QED) is 0.584. The molecule has 116 valence electrons. The number of hydrogen-bond acceptors (Lipinski definition) is 6. The molecule has 7 nitrogen and oxygen atoms in total. The molecule has 0 heterocycles. The van der Waals surface area contributed by atoms with E-state index < -0.39 is 24.2 Å². The summed E-state index contributed by atoms with van der Waals surface area (Å²) in [5.74, 6) is -2.27. The average molecular weight is 312 g/mol. The van der Waals surface area contributed by atoms with Crippen molar-refractivity contribution in [2.75, 3.05) is 11.9 Å². The fourth-order valence-corrected chi connectivity index (χ4v) is 1.74. The van der Waals surface area contributed by atoms with Crippen LogP contribution in [0.2, 0.25) is 0 Å². The number of benzene rings is 2. The van der Waals surface area contributed by atoms with Crippen molar-refractivity contribution in [3.63, 3.8) is 0 Å². The Morgan fingerprint density at radius 1 is 1.13 bits per heavy atom. The Hall–Kier alpha value is -3.53. The first-order chi connectivity index (χ1) is 11.0. The highest BCUT2D eigenvalue weighted by Gasteiger charge is 2.13. The number of phenolic OH excluding ortho intramolecular Hbond substituents is 2. The van der Waals surface area contributed by atoms with E-state index in [9.17, 15) is 14.7 Å². The first-order valence-corrected chi connectivity index (χ1v) is 6.49. The monoisotopic (exact) mass is 312 g/mol. The van der Waals surface area contributed by atoms with Gasteiger partial charge in [-0.1, -0.05) is 12.1 Å². The lowest BCUT2D eigenvalue weighted by atomic mass is 10.2. The average Bonchev–Trinajstić information content (AvgIpc) is 2.55. The smallest absolute Gasteiger partial charge is 0.338 e. The predicted octanol–water partition coefficient (Wildman–Crippen LogP) is 1.76. The third-order valence-electron chi connectivity index (χ3n) is 2.87. The molecule has 0 aliphatic rings. The third kappa shape index (κ3) is 3.98. The van der Waals surface area contributed by atoms with Crippen molar-refractivity contribution < 1.29 is 24.5 Å². The van der Waals surface area contributed by atoms with E-state index in [2.05, 4.69) is 5.32 Å². The van der Waals surface area contributed by atoms with Gasteiger partial charge >= 0.3 is 5.97 Å². The van der Waals surface area contributed by atoms with Gasteiger partial charge in [0.25, 0.3) is 5.91 Å². The Balaban J connectivity index is 1.95. The number of rotatable bonds is 4. The summed E-state index contributed by atoms with van der Waals surface area (Å²) >= 11 is 0. The van der Waals surface area contributed by atoms with Crippen LogP contribution >= 0.6 is 0 Å². The lowest BCUT2D eigenvalue weighted by Gasteiger charge is -2.08. The molecule has 23 heavy (non-hydrogen) atoms. The fraction of sp³-hybridized carbons (Fsp3) is 0.0625. The number of carbonyl (C=O) groups is 2. The number of carbonyl (C=O) groups excluding carboxylic acids is 2. The van der Waals surface area contributed by atoms with Crippen molar-refractivity contribution in [2.45, 2.75) is 0 Å². The van der Waals surface area contributed by atoms with Crippen LogP contribution in [0, 0.1) is 11.3 Å². The van der Waals surface area contributed by atoms with Crippen LogP contribution in [0.15, 0.2) is 42.5 Å². The molecule has 0 saturated carbocycles. The topological polar surface area (TPSA) is 120 Å². The normalized spacial score (nSPS) is 9.70. The summed E-state index contributed by atoms with van der Waals surface area (Å²) in [4.78, 5) is 23.5. The van der Waals surface area contributed by atoms with E-state index in [-0.39, 0.29) is 16.9 Å². The molecule has 2 aromatic rings. The van der Waals surface area contributed by atoms with E-state index in [1.807, 2.05) is 6.07 Å². The molecule has 0 radical (unpaired) electrons. The van der Waals surface area contributed by atoms with Crippen molar-refractivity contribution in [3.8, 4) is 17.6 Å². The standard InChI is InChI=1S/C16H12N2O5/c17-8-11-3-1-2-4-12(11)18-15(21)9-23-16(22)10-5-6-13(19)14(20)7-10/h1-7,19-20H,9H2,(H,18,21). The summed E-state index contributed by atoms with van der Waals surface area (Å²) in [6.45, 7) is -0.555. The molecule has 2 aromatic carbocycles. The zero-order chi connectivity index (χ0) is 16.8. The molecular weight excluding hydrogens is 300 g/mol. The Bertz CT molecular complexity index is 795. The molecule has 0 unspecified atom stereocenters. The van der Waals surface area contributed by atoms with Gasteiger partial charge in [0.2, 0.25) is 0 Å². The van der Waals surface area contributed by atoms with Gasteiger partial charge in [-0.25, -0.2) is 4.79 Å². The number of aromatic hydroxyl groups is 2. The van der Waals surface area contributed by atoms with Crippen LogP contribution in [0.4, 0.5) is 5.69 Å². The molecule has 0 spiro atoms. The molecule has 0 aliphatic heterocycles. The van der Waals surface area contributed by atoms with Gasteiger partial charge in [-0.2, -0.15) is 5.26 Å². The summed E-state index contributed by atoms with van der Waals surface area (Å²) in [6, 6.07) is 11.7. The number of nitriles is 1. The molecule has 0 aliphatic carbocycles. The molecular formula is C16H12N2O5. The van der Waals surface area contributed by atoms with Crippen molar-refractivity contribution in [1.29, 1.82) is 5.26 Å². The zero-order valence-electron chi connectivity index (χ0n) is 11.8. The van der Waals surface area contributed by atoms with Gasteiger partial charge in [0, 0.05) is 0 Å². The van der Waals surface area contributed by atoms with E-state index in [1.54, 1.807) is 24.3 Å². The molecule has 0 bridgehead atoms. The molecule has 1 amide bonds. The van der Waals surface area contributed by atoms with E-state index in [1.165, 1.54) is 6.07 Å². The van der Waals surface area contributed by atoms with Gasteiger partial charge < -0.3 is 20.3 Å². The Morgan fingerprint density at radius 2 is 1.87 bits per heavy atom. The van der Waals surface area contributed by atoms with Crippen LogP contribution in [0.3, 0.4) is 0 Å². The third-order valence-corrected chi connectivity index (χ3v) is 2.87. The summed E-state index contributed by atoms with van der Waals surface area (Å²) in [7, 11) is 0. The number of amides is 1. The number of hydrogen-bond donors (Lipinski definition) is 3. The molecule has 3 N–H and O–H groups in total. The largest absolute Gasteiger partial charge is 0.504 e. The Morgan fingerprint density at radius 3 is 2.57 bits per heavy atom. The highest BCUT2D eigenvalue weighted by molar-refractivity contribution is 5.96. The second-order valence-corrected chi connectivity index (χ2v) is 4.49. The van der Waals surface area contributed by atoms with Gasteiger partial charge in [0.05, 0.1) is 16.8 Å². The second kappa shape index (κ2) is 6.95. The van der Waals surface area contributed by atoms with E-state index in [0.717, 1.165) is 12.1 Å². The van der Waals surface area contributed by atoms with Crippen molar-refractivity contribution in [1.82, 2.24) is 0 Å². The number of phenols is 2. The van der Waals surface area contributed by atoms with Gasteiger partial charge in [-0.3, -0.25) is 4.79 Å². The van der Waals surface area contributed by atoms with Crippen molar-refractivity contribution >= 4 is 17.6 Å². The number of nitrogens with one attached hydrogen (secondary N) is 1. The first kappa shape index (κ1) is 15.9. The van der Waals surface area contributed by atoms with Crippen LogP contribution in [0.25, 0.3) is 0 Å². The number of nitrogens with zero attached hydrogens (tertiary/aromatic N) is 1. The highest BCUT2D eigenvalue weighted by atomic mass is 16.5. The summed E-state index contributed by atoms with van der Waals surface area (Å²) in [5, 5.41) is 29.9. The minimum atomic E-state index is -0.830. The van der Waals surface area contributed by atoms with Crippen LogP contribution in [-0.4, -0.2) is 28.7 Å². The molecule has 0 fully saturated rings. The number of esters is 1. The number of ether oxygens (including phenoxy) is 1. The summed E-state index contributed by atoms with van der Waals surface area (Å²) in [6.07, 6.45) is 0. The first-order valence-electron chi connectivity index (χ1n) is 6.49. The minimum Gasteiger partial charge on any atom is -0.504 e. The van der Waals surface area contributed by atoms with Crippen LogP contribution in [0.5, 0.6) is 11.5 Å². The molecule has 0 atom stereocenters. The minimum absolute atomic E-state index is 0.00877. The van der Waals surface area contributed by atoms with E-state index in [0.29, 0.717) is 5.69 Å². The number of para-hydroxylation sites is 1.